The lowest BCUT2D eigenvalue weighted by molar-refractivity contribution is 0.204. The van der Waals surface area contributed by atoms with Crippen molar-refractivity contribution < 1.29 is 9.84 Å². The first-order valence-electron chi connectivity index (χ1n) is 11.3. The van der Waals surface area contributed by atoms with Crippen molar-refractivity contribution in [3.05, 3.63) is 71.3 Å². The van der Waals surface area contributed by atoms with Crippen molar-refractivity contribution in [1.29, 1.82) is 0 Å². The Hall–Kier alpha value is -2.79. The number of hydrazone groups is 1. The zero-order valence-corrected chi connectivity index (χ0v) is 18.6. The van der Waals surface area contributed by atoms with E-state index in [4.69, 9.17) is 4.74 Å². The highest BCUT2D eigenvalue weighted by Gasteiger charge is 2.35. The molecule has 31 heavy (non-hydrogen) atoms. The lowest BCUT2D eigenvalue weighted by atomic mass is 9.76. The number of nitrogens with zero attached hydrogens (tertiary/aromatic N) is 2. The second kappa shape index (κ2) is 10.0. The summed E-state index contributed by atoms with van der Waals surface area (Å²) in [5.74, 6) is 1.19. The van der Waals surface area contributed by atoms with Crippen molar-refractivity contribution in [2.24, 2.45) is 11.0 Å². The third kappa shape index (κ3) is 4.77. The number of ether oxygens (including phenoxy) is 1. The monoisotopic (exact) mass is 419 g/mol. The number of likely N-dealkylation sites (tertiary alicyclic amines) is 1. The summed E-state index contributed by atoms with van der Waals surface area (Å²) in [6, 6.07) is 18.2. The predicted octanol–water partition coefficient (Wildman–Crippen LogP) is 4.83. The first-order valence-corrected chi connectivity index (χ1v) is 11.3. The fraction of sp³-hybridized carbons (Fsp3) is 0.423. The smallest absolute Gasteiger partial charge is 0.130 e. The Labute approximate surface area is 185 Å². The molecule has 0 amide bonds. The van der Waals surface area contributed by atoms with Crippen molar-refractivity contribution in [2.45, 2.75) is 32.1 Å². The third-order valence-corrected chi connectivity index (χ3v) is 6.49. The lowest BCUT2D eigenvalue weighted by Gasteiger charge is -2.37. The van der Waals surface area contributed by atoms with E-state index in [0.29, 0.717) is 12.4 Å². The van der Waals surface area contributed by atoms with Gasteiger partial charge in [0.25, 0.3) is 0 Å². The molecule has 2 heterocycles. The molecule has 4 rings (SSSR count). The van der Waals surface area contributed by atoms with Gasteiger partial charge in [0.05, 0.1) is 5.56 Å². The highest BCUT2D eigenvalue weighted by molar-refractivity contribution is 5.86. The van der Waals surface area contributed by atoms with Crippen LogP contribution in [0.25, 0.3) is 5.76 Å². The van der Waals surface area contributed by atoms with E-state index in [1.807, 2.05) is 37.4 Å². The Balaban J connectivity index is 1.80. The Morgan fingerprint density at radius 3 is 2.52 bits per heavy atom. The van der Waals surface area contributed by atoms with Crippen LogP contribution in [0.2, 0.25) is 0 Å². The van der Waals surface area contributed by atoms with E-state index < -0.39 is 0 Å². The van der Waals surface area contributed by atoms with Crippen molar-refractivity contribution >= 4 is 11.5 Å². The number of aliphatic hydroxyl groups excluding tert-OH is 1. The van der Waals surface area contributed by atoms with Gasteiger partial charge in [0.15, 0.2) is 0 Å². The van der Waals surface area contributed by atoms with Crippen LogP contribution in [-0.4, -0.2) is 49.0 Å². The average Bonchev–Trinajstić information content (AvgIpc) is 2.82. The van der Waals surface area contributed by atoms with Gasteiger partial charge in [0, 0.05) is 36.7 Å². The summed E-state index contributed by atoms with van der Waals surface area (Å²) in [5.41, 5.74) is 6.90. The second-order valence-corrected chi connectivity index (χ2v) is 8.49. The van der Waals surface area contributed by atoms with E-state index in [9.17, 15) is 5.11 Å². The number of benzene rings is 2. The highest BCUT2D eigenvalue weighted by Crippen LogP contribution is 2.41. The van der Waals surface area contributed by atoms with Gasteiger partial charge in [0.1, 0.15) is 18.1 Å². The fourth-order valence-electron chi connectivity index (χ4n) is 4.92. The van der Waals surface area contributed by atoms with Crippen LogP contribution in [-0.2, 0) is 0 Å². The molecule has 0 aromatic heterocycles. The summed E-state index contributed by atoms with van der Waals surface area (Å²) in [4.78, 5) is 2.55. The normalized spacial score (nSPS) is 19.4. The molecule has 0 spiro atoms. The summed E-state index contributed by atoms with van der Waals surface area (Å²) in [6.45, 7) is 5.63. The topological polar surface area (TPSA) is 57.1 Å². The molecule has 2 unspecified atom stereocenters. The zero-order chi connectivity index (χ0) is 21.6. The number of aliphatic hydroxyl groups is 1. The van der Waals surface area contributed by atoms with Gasteiger partial charge in [-0.15, -0.1) is 0 Å². The highest BCUT2D eigenvalue weighted by atomic mass is 16.5. The first kappa shape index (κ1) is 21.4. The van der Waals surface area contributed by atoms with Crippen LogP contribution in [0.4, 0.5) is 0 Å². The number of fused-ring (bicyclic) bond motifs is 1. The minimum atomic E-state index is -0.0198. The second-order valence-electron chi connectivity index (χ2n) is 8.49. The molecule has 5 heteroatoms. The summed E-state index contributed by atoms with van der Waals surface area (Å²) in [6.07, 6.45) is 3.80. The molecular weight excluding hydrogens is 386 g/mol. The van der Waals surface area contributed by atoms with Gasteiger partial charge in [-0.05, 0) is 50.6 Å². The summed E-state index contributed by atoms with van der Waals surface area (Å²) >= 11 is 0. The van der Waals surface area contributed by atoms with E-state index in [-0.39, 0.29) is 11.8 Å². The van der Waals surface area contributed by atoms with Crippen molar-refractivity contribution in [3.63, 3.8) is 0 Å². The quantitative estimate of drug-likeness (QED) is 0.499. The Morgan fingerprint density at radius 1 is 1.06 bits per heavy atom. The maximum absolute atomic E-state index is 11.3. The molecule has 0 radical (unpaired) electrons. The molecule has 2 aromatic carbocycles. The minimum absolute atomic E-state index is 0.0198. The lowest BCUT2D eigenvalue weighted by Crippen LogP contribution is -2.40. The number of hydrogen-bond acceptors (Lipinski definition) is 5. The molecule has 1 saturated heterocycles. The van der Waals surface area contributed by atoms with Crippen LogP contribution in [0.3, 0.4) is 0 Å². The van der Waals surface area contributed by atoms with Gasteiger partial charge in [0.2, 0.25) is 0 Å². The minimum Gasteiger partial charge on any atom is -0.507 e. The molecule has 164 valence electrons. The molecule has 2 atom stereocenters. The van der Waals surface area contributed by atoms with E-state index in [1.165, 1.54) is 24.8 Å². The number of para-hydroxylation sites is 1. The molecule has 0 aliphatic carbocycles. The van der Waals surface area contributed by atoms with Gasteiger partial charge in [-0.3, -0.25) is 0 Å². The van der Waals surface area contributed by atoms with E-state index in [0.717, 1.165) is 42.2 Å². The molecule has 0 bridgehead atoms. The number of piperidine rings is 1. The van der Waals surface area contributed by atoms with Crippen molar-refractivity contribution in [2.75, 3.05) is 33.3 Å². The Kier molecular flexibility index (Phi) is 6.92. The molecule has 0 saturated carbocycles. The number of rotatable bonds is 7. The fourth-order valence-corrected chi connectivity index (χ4v) is 4.92. The van der Waals surface area contributed by atoms with Gasteiger partial charge in [-0.2, -0.15) is 5.10 Å². The van der Waals surface area contributed by atoms with Gasteiger partial charge < -0.3 is 20.2 Å². The Morgan fingerprint density at radius 2 is 1.77 bits per heavy atom. The average molecular weight is 420 g/mol. The molecule has 1 fully saturated rings. The van der Waals surface area contributed by atoms with Crippen LogP contribution in [0.5, 0.6) is 5.75 Å². The third-order valence-electron chi connectivity index (χ3n) is 6.49. The van der Waals surface area contributed by atoms with Gasteiger partial charge in [-0.25, -0.2) is 0 Å². The van der Waals surface area contributed by atoms with Crippen molar-refractivity contribution in [1.82, 2.24) is 10.3 Å². The molecule has 2 aromatic rings. The standard InChI is InChI=1S/C26H33N3O2/c1-19(28-27-2)22(17-29-15-9-4-10-16-29)25(20-11-5-3-6-12-20)23-18-31-24-14-8-7-13-21(24)26(23)30/h3,5-8,11-14,22,25,27,30H,4,9-10,15-18H2,1-2H3/b28-19+. The van der Waals surface area contributed by atoms with Gasteiger partial charge in [-0.1, -0.05) is 48.9 Å². The van der Waals surface area contributed by atoms with Crippen LogP contribution in [0.1, 0.15) is 43.2 Å². The molecule has 2 aliphatic heterocycles. The summed E-state index contributed by atoms with van der Waals surface area (Å²) < 4.78 is 6.10. The maximum Gasteiger partial charge on any atom is 0.130 e. The molecular formula is C26H33N3O2. The van der Waals surface area contributed by atoms with Crippen molar-refractivity contribution in [3.8, 4) is 5.75 Å². The summed E-state index contributed by atoms with van der Waals surface area (Å²) in [5, 5.41) is 15.9. The molecule has 2 N–H and O–H groups in total. The SMILES string of the molecule is CN/N=C(\C)C(CN1CCCCC1)C(C1=C(O)c2ccccc2OC1)c1ccccc1. The Bertz CT molecular complexity index is 933. The van der Waals surface area contributed by atoms with E-state index in [2.05, 4.69) is 46.6 Å². The first-order chi connectivity index (χ1) is 15.2. The van der Waals surface area contributed by atoms with Crippen LogP contribution >= 0.6 is 0 Å². The predicted molar refractivity (Wildman–Crippen MR) is 127 cm³/mol. The summed E-state index contributed by atoms with van der Waals surface area (Å²) in [7, 11) is 1.84. The molecule has 2 aliphatic rings. The van der Waals surface area contributed by atoms with E-state index in [1.54, 1.807) is 0 Å². The number of hydrogen-bond donors (Lipinski definition) is 2. The van der Waals surface area contributed by atoms with Crippen LogP contribution < -0.4 is 10.2 Å². The largest absolute Gasteiger partial charge is 0.507 e. The maximum atomic E-state index is 11.3. The van der Waals surface area contributed by atoms with Crippen LogP contribution in [0, 0.1) is 5.92 Å². The van der Waals surface area contributed by atoms with Crippen LogP contribution in [0.15, 0.2) is 65.3 Å². The molecule has 5 nitrogen and oxygen atoms in total. The van der Waals surface area contributed by atoms with Gasteiger partial charge >= 0.3 is 0 Å². The number of nitrogens with one attached hydrogen (secondary N) is 1. The zero-order valence-electron chi connectivity index (χ0n) is 18.6. The van der Waals surface area contributed by atoms with E-state index >= 15 is 0 Å².